The minimum absolute atomic E-state index is 0.0964. The zero-order chi connectivity index (χ0) is 18.9. The fourth-order valence-electron chi connectivity index (χ4n) is 2.78. The van der Waals surface area contributed by atoms with Crippen molar-refractivity contribution in [2.75, 3.05) is 6.54 Å². The summed E-state index contributed by atoms with van der Waals surface area (Å²) >= 11 is 0. The van der Waals surface area contributed by atoms with Gasteiger partial charge in [-0.3, -0.25) is 9.59 Å². The van der Waals surface area contributed by atoms with Gasteiger partial charge < -0.3 is 16.4 Å². The monoisotopic (exact) mass is 353 g/mol. The van der Waals surface area contributed by atoms with Gasteiger partial charge in [0.15, 0.2) is 0 Å². The Morgan fingerprint density at radius 3 is 1.88 bits per heavy atom. The van der Waals surface area contributed by atoms with Crippen molar-refractivity contribution in [3.05, 3.63) is 71.8 Å². The highest BCUT2D eigenvalue weighted by Gasteiger charge is 2.19. The normalized spacial score (nSPS) is 12.0. The molecule has 5 heteroatoms. The second-order valence-electron chi connectivity index (χ2n) is 6.78. The highest BCUT2D eigenvalue weighted by Crippen LogP contribution is 2.21. The molecule has 0 aliphatic heterocycles. The molecule has 0 bridgehead atoms. The van der Waals surface area contributed by atoms with E-state index in [4.69, 9.17) is 5.73 Å². The van der Waals surface area contributed by atoms with Crippen molar-refractivity contribution in [2.24, 2.45) is 11.7 Å². The van der Waals surface area contributed by atoms with E-state index >= 15 is 0 Å². The summed E-state index contributed by atoms with van der Waals surface area (Å²) < 4.78 is 0. The Bertz CT molecular complexity index is 662. The zero-order valence-electron chi connectivity index (χ0n) is 15.3. The van der Waals surface area contributed by atoms with Gasteiger partial charge in [0, 0.05) is 0 Å². The van der Waals surface area contributed by atoms with E-state index in [0.717, 1.165) is 11.1 Å². The van der Waals surface area contributed by atoms with E-state index in [1.807, 2.05) is 74.5 Å². The number of hydrogen-bond acceptors (Lipinski definition) is 3. The standard InChI is InChI=1S/C21H27N3O2/c1-15(2)13-18(22)21(26)23-14-19(25)24-20(16-9-5-3-6-10-16)17-11-7-4-8-12-17/h3-12,15,18,20H,13-14,22H2,1-2H3,(H,23,26)(H,24,25)/t18-/m1/s1. The first-order valence-electron chi connectivity index (χ1n) is 8.90. The van der Waals surface area contributed by atoms with Crippen LogP contribution >= 0.6 is 0 Å². The van der Waals surface area contributed by atoms with Gasteiger partial charge >= 0.3 is 0 Å². The molecule has 138 valence electrons. The quantitative estimate of drug-likeness (QED) is 0.681. The van der Waals surface area contributed by atoms with E-state index < -0.39 is 6.04 Å². The lowest BCUT2D eigenvalue weighted by Gasteiger charge is -2.20. The molecular weight excluding hydrogens is 326 g/mol. The fraction of sp³-hybridized carbons (Fsp3) is 0.333. The third kappa shape index (κ3) is 6.01. The molecule has 0 saturated heterocycles. The lowest BCUT2D eigenvalue weighted by atomic mass is 9.99. The number of nitrogens with two attached hydrogens (primary N) is 1. The van der Waals surface area contributed by atoms with Gasteiger partial charge in [-0.25, -0.2) is 0 Å². The second kappa shape index (κ2) is 9.73. The van der Waals surface area contributed by atoms with Crippen LogP contribution in [0.15, 0.2) is 60.7 Å². The Morgan fingerprint density at radius 2 is 1.42 bits per heavy atom. The molecule has 1 atom stereocenters. The van der Waals surface area contributed by atoms with E-state index in [2.05, 4.69) is 10.6 Å². The van der Waals surface area contributed by atoms with Crippen LogP contribution in [0.25, 0.3) is 0 Å². The van der Waals surface area contributed by atoms with Crippen LogP contribution in [0.2, 0.25) is 0 Å². The third-order valence-corrected chi connectivity index (χ3v) is 4.06. The topological polar surface area (TPSA) is 84.2 Å². The summed E-state index contributed by atoms with van der Waals surface area (Å²) in [5, 5.41) is 5.61. The van der Waals surface area contributed by atoms with E-state index in [9.17, 15) is 9.59 Å². The molecule has 2 amide bonds. The zero-order valence-corrected chi connectivity index (χ0v) is 15.3. The highest BCUT2D eigenvalue weighted by atomic mass is 16.2. The average molecular weight is 353 g/mol. The molecular formula is C21H27N3O2. The van der Waals surface area contributed by atoms with Crippen LogP contribution in [-0.2, 0) is 9.59 Å². The van der Waals surface area contributed by atoms with Crippen molar-refractivity contribution in [1.82, 2.24) is 10.6 Å². The molecule has 4 N–H and O–H groups in total. The van der Waals surface area contributed by atoms with Crippen molar-refractivity contribution < 1.29 is 9.59 Å². The van der Waals surface area contributed by atoms with E-state index in [-0.39, 0.29) is 24.4 Å². The summed E-state index contributed by atoms with van der Waals surface area (Å²) in [7, 11) is 0. The number of nitrogens with one attached hydrogen (secondary N) is 2. The van der Waals surface area contributed by atoms with Crippen molar-refractivity contribution in [2.45, 2.75) is 32.4 Å². The van der Waals surface area contributed by atoms with Gasteiger partial charge in [-0.05, 0) is 23.5 Å². The van der Waals surface area contributed by atoms with Gasteiger partial charge in [-0.15, -0.1) is 0 Å². The first-order valence-corrected chi connectivity index (χ1v) is 8.90. The number of benzene rings is 2. The molecule has 2 aromatic rings. The molecule has 0 radical (unpaired) electrons. The maximum atomic E-state index is 12.4. The summed E-state index contributed by atoms with van der Waals surface area (Å²) in [6, 6.07) is 18.6. The van der Waals surface area contributed by atoms with Gasteiger partial charge in [-0.2, -0.15) is 0 Å². The van der Waals surface area contributed by atoms with Gasteiger partial charge in [0.05, 0.1) is 18.6 Å². The van der Waals surface area contributed by atoms with Crippen LogP contribution < -0.4 is 16.4 Å². The smallest absolute Gasteiger partial charge is 0.240 e. The van der Waals surface area contributed by atoms with Gasteiger partial charge in [0.2, 0.25) is 11.8 Å². The summed E-state index contributed by atoms with van der Waals surface area (Å²) in [5.74, 6) is -0.234. The van der Waals surface area contributed by atoms with Crippen LogP contribution in [0.4, 0.5) is 0 Å². The van der Waals surface area contributed by atoms with Crippen LogP contribution in [-0.4, -0.2) is 24.4 Å². The summed E-state index contributed by atoms with van der Waals surface area (Å²) in [6.07, 6.45) is 0.587. The van der Waals surface area contributed by atoms with Crippen molar-refractivity contribution in [3.63, 3.8) is 0 Å². The summed E-state index contributed by atoms with van der Waals surface area (Å²) in [5.41, 5.74) is 7.81. The number of carbonyl (C=O) groups excluding carboxylic acids is 2. The highest BCUT2D eigenvalue weighted by molar-refractivity contribution is 5.87. The van der Waals surface area contributed by atoms with Gasteiger partial charge in [-0.1, -0.05) is 74.5 Å². The first kappa shape index (κ1) is 19.7. The molecule has 0 aliphatic carbocycles. The Hall–Kier alpha value is -2.66. The van der Waals surface area contributed by atoms with Crippen LogP contribution in [0.1, 0.15) is 37.4 Å². The van der Waals surface area contributed by atoms with Gasteiger partial charge in [0.25, 0.3) is 0 Å². The Kier molecular flexibility index (Phi) is 7.36. The van der Waals surface area contributed by atoms with Crippen molar-refractivity contribution in [3.8, 4) is 0 Å². The summed E-state index contributed by atoms with van der Waals surface area (Å²) in [4.78, 5) is 24.4. The van der Waals surface area contributed by atoms with Gasteiger partial charge in [0.1, 0.15) is 0 Å². The van der Waals surface area contributed by atoms with E-state index in [1.54, 1.807) is 0 Å². The van der Waals surface area contributed by atoms with E-state index in [0.29, 0.717) is 12.3 Å². The minimum Gasteiger partial charge on any atom is -0.346 e. The molecule has 2 rings (SSSR count). The summed E-state index contributed by atoms with van der Waals surface area (Å²) in [6.45, 7) is 3.91. The molecule has 26 heavy (non-hydrogen) atoms. The maximum absolute atomic E-state index is 12.4. The lowest BCUT2D eigenvalue weighted by molar-refractivity contribution is -0.127. The number of hydrogen-bond donors (Lipinski definition) is 3. The minimum atomic E-state index is -0.596. The number of rotatable bonds is 8. The Balaban J connectivity index is 2.00. The Morgan fingerprint density at radius 1 is 0.923 bits per heavy atom. The largest absolute Gasteiger partial charge is 0.346 e. The first-order chi connectivity index (χ1) is 12.5. The van der Waals surface area contributed by atoms with Crippen LogP contribution in [0.5, 0.6) is 0 Å². The SMILES string of the molecule is CC(C)C[C@@H](N)C(=O)NCC(=O)NC(c1ccccc1)c1ccccc1. The van der Waals surface area contributed by atoms with Crippen LogP contribution in [0.3, 0.4) is 0 Å². The molecule has 5 nitrogen and oxygen atoms in total. The average Bonchev–Trinajstić information content (AvgIpc) is 2.65. The maximum Gasteiger partial charge on any atom is 0.240 e. The third-order valence-electron chi connectivity index (χ3n) is 4.06. The molecule has 0 aromatic heterocycles. The Labute approximate surface area is 155 Å². The predicted octanol–water partition coefficient (Wildman–Crippen LogP) is 2.38. The van der Waals surface area contributed by atoms with Crippen LogP contribution in [0, 0.1) is 5.92 Å². The molecule has 0 heterocycles. The molecule has 0 aliphatic rings. The number of carbonyl (C=O) groups is 2. The van der Waals surface area contributed by atoms with Crippen molar-refractivity contribution in [1.29, 1.82) is 0 Å². The molecule has 0 spiro atoms. The molecule has 0 unspecified atom stereocenters. The molecule has 2 aromatic carbocycles. The van der Waals surface area contributed by atoms with Crippen molar-refractivity contribution >= 4 is 11.8 Å². The van der Waals surface area contributed by atoms with E-state index in [1.165, 1.54) is 0 Å². The second-order valence-corrected chi connectivity index (χ2v) is 6.78. The molecule has 0 fully saturated rings. The fourth-order valence-corrected chi connectivity index (χ4v) is 2.78. The predicted molar refractivity (Wildman–Crippen MR) is 103 cm³/mol. The number of amides is 2. The lowest BCUT2D eigenvalue weighted by Crippen LogP contribution is -2.46. The molecule has 0 saturated carbocycles.